The predicted molar refractivity (Wildman–Crippen MR) is 80.3 cm³/mol. The first kappa shape index (κ1) is 15.9. The van der Waals surface area contributed by atoms with Gasteiger partial charge in [-0.15, -0.1) is 0 Å². The second-order valence-corrected chi connectivity index (χ2v) is 3.81. The van der Waals surface area contributed by atoms with E-state index < -0.39 is 0 Å². The van der Waals surface area contributed by atoms with Crippen LogP contribution in [0.5, 0.6) is 0 Å². The van der Waals surface area contributed by atoms with Crippen molar-refractivity contribution in [2.45, 2.75) is 13.8 Å². The van der Waals surface area contributed by atoms with Crippen molar-refractivity contribution in [2.24, 2.45) is 0 Å². The first-order valence-corrected chi connectivity index (χ1v) is 5.70. The maximum Gasteiger partial charge on any atom is 0.183 e. The monoisotopic (exact) mass is 240 g/mol. The summed E-state index contributed by atoms with van der Waals surface area (Å²) in [5, 5.41) is 0. The minimum absolute atomic E-state index is 0.0000926. The molecule has 0 aromatic heterocycles. The van der Waals surface area contributed by atoms with Crippen molar-refractivity contribution in [1.82, 2.24) is 0 Å². The van der Waals surface area contributed by atoms with Crippen molar-refractivity contribution in [3.05, 3.63) is 78.9 Å². The lowest BCUT2D eigenvalue weighted by Crippen LogP contribution is -1.98. The summed E-state index contributed by atoms with van der Waals surface area (Å²) in [4.78, 5) is 11.0. The Balaban J connectivity index is 0.000000327. The molecule has 0 bridgehead atoms. The van der Waals surface area contributed by atoms with Gasteiger partial charge in [0.1, 0.15) is 0 Å². The maximum atomic E-state index is 11.0. The largest absolute Gasteiger partial charge is 0.289 e. The molecule has 1 heteroatoms. The molecule has 0 N–H and O–H groups in total. The molecule has 18 heavy (non-hydrogen) atoms. The summed E-state index contributed by atoms with van der Waals surface area (Å²) in [7, 11) is 0. The molecule has 0 radical (unpaired) electrons. The van der Waals surface area contributed by atoms with E-state index in [1.54, 1.807) is 26.0 Å². The van der Waals surface area contributed by atoms with Crippen molar-refractivity contribution < 1.29 is 4.79 Å². The molecule has 0 saturated heterocycles. The van der Waals surface area contributed by atoms with Gasteiger partial charge in [0.25, 0.3) is 0 Å². The van der Waals surface area contributed by atoms with Crippen LogP contribution in [0.15, 0.2) is 73.4 Å². The van der Waals surface area contributed by atoms with E-state index in [0.717, 1.165) is 0 Å². The lowest BCUT2D eigenvalue weighted by Gasteiger charge is -1.95. The van der Waals surface area contributed by atoms with Crippen LogP contribution in [0.3, 0.4) is 0 Å². The summed E-state index contributed by atoms with van der Waals surface area (Å²) in [5.41, 5.74) is 2.42. The van der Waals surface area contributed by atoms with Crippen LogP contribution in [-0.4, -0.2) is 5.78 Å². The van der Waals surface area contributed by atoms with E-state index in [1.807, 2.05) is 36.4 Å². The summed E-state index contributed by atoms with van der Waals surface area (Å²) in [6, 6.07) is 10.0. The third-order valence-corrected chi connectivity index (χ3v) is 2.15. The van der Waals surface area contributed by atoms with Crippen molar-refractivity contribution in [2.75, 3.05) is 0 Å². The molecule has 0 fully saturated rings. The maximum absolute atomic E-state index is 11.0. The Kier molecular flexibility index (Phi) is 7.87. The van der Waals surface area contributed by atoms with E-state index >= 15 is 0 Å². The Labute approximate surface area is 110 Å². The third-order valence-electron chi connectivity index (χ3n) is 2.15. The van der Waals surface area contributed by atoms with Crippen LogP contribution in [0.2, 0.25) is 0 Å². The highest BCUT2D eigenvalue weighted by Crippen LogP contribution is 2.01. The van der Waals surface area contributed by atoms with Gasteiger partial charge in [-0.3, -0.25) is 4.79 Å². The standard InChI is InChI=1S/C9H12O.C8H8/c1-5-6-8(4)9(10)7(2)3;1-2-8-6-4-3-5-7-8/h5-6H,1-2H2,3-4H3;2-7H,1H2. The van der Waals surface area contributed by atoms with E-state index in [0.29, 0.717) is 11.1 Å². The van der Waals surface area contributed by atoms with Gasteiger partial charge >= 0.3 is 0 Å². The topological polar surface area (TPSA) is 17.1 Å². The first-order chi connectivity index (χ1) is 8.52. The average Bonchev–Trinajstić information content (AvgIpc) is 2.39. The molecule has 0 heterocycles. The van der Waals surface area contributed by atoms with Gasteiger partial charge in [0.05, 0.1) is 0 Å². The number of rotatable bonds is 4. The smallest absolute Gasteiger partial charge is 0.183 e. The molecule has 0 unspecified atom stereocenters. The number of hydrogen-bond donors (Lipinski definition) is 0. The van der Waals surface area contributed by atoms with E-state index in [1.165, 1.54) is 5.56 Å². The van der Waals surface area contributed by atoms with Gasteiger partial charge in [0.15, 0.2) is 5.78 Å². The molecular weight excluding hydrogens is 220 g/mol. The van der Waals surface area contributed by atoms with Gasteiger partial charge in [-0.05, 0) is 30.6 Å². The molecule has 1 rings (SSSR count). The van der Waals surface area contributed by atoms with Crippen LogP contribution < -0.4 is 0 Å². The van der Waals surface area contributed by atoms with E-state index in [2.05, 4.69) is 19.7 Å². The normalized spacial score (nSPS) is 9.78. The fourth-order valence-electron chi connectivity index (χ4n) is 1.18. The third kappa shape index (κ3) is 6.44. The van der Waals surface area contributed by atoms with E-state index in [9.17, 15) is 4.79 Å². The van der Waals surface area contributed by atoms with Gasteiger partial charge in [0.2, 0.25) is 0 Å². The molecule has 0 aliphatic carbocycles. The van der Waals surface area contributed by atoms with Crippen LogP contribution in [0.1, 0.15) is 19.4 Å². The highest BCUT2D eigenvalue weighted by Gasteiger charge is 2.01. The van der Waals surface area contributed by atoms with Crippen molar-refractivity contribution in [3.63, 3.8) is 0 Å². The van der Waals surface area contributed by atoms with Crippen molar-refractivity contribution in [3.8, 4) is 0 Å². The fraction of sp³-hybridized carbons (Fsp3) is 0.118. The van der Waals surface area contributed by atoms with Gasteiger partial charge in [-0.1, -0.05) is 68.3 Å². The van der Waals surface area contributed by atoms with Crippen LogP contribution in [0, 0.1) is 0 Å². The molecule has 0 atom stereocenters. The molecule has 1 aromatic carbocycles. The van der Waals surface area contributed by atoms with Gasteiger partial charge in [0, 0.05) is 0 Å². The highest BCUT2D eigenvalue weighted by atomic mass is 16.1. The number of benzene rings is 1. The Hall–Kier alpha value is -2.15. The van der Waals surface area contributed by atoms with E-state index in [4.69, 9.17) is 0 Å². The quantitative estimate of drug-likeness (QED) is 0.555. The molecule has 0 saturated carbocycles. The lowest BCUT2D eigenvalue weighted by molar-refractivity contribution is -0.112. The van der Waals surface area contributed by atoms with Gasteiger partial charge < -0.3 is 0 Å². The molecular formula is C17H20O. The summed E-state index contributed by atoms with van der Waals surface area (Å²) in [6.45, 7) is 14.1. The summed E-state index contributed by atoms with van der Waals surface area (Å²) >= 11 is 0. The second kappa shape index (κ2) is 8.94. The zero-order chi connectivity index (χ0) is 14.0. The van der Waals surface area contributed by atoms with Gasteiger partial charge in [-0.25, -0.2) is 0 Å². The fourth-order valence-corrected chi connectivity index (χ4v) is 1.18. The summed E-state index contributed by atoms with van der Waals surface area (Å²) in [6.07, 6.45) is 5.10. The number of allylic oxidation sites excluding steroid dienone is 4. The Morgan fingerprint density at radius 1 is 1.11 bits per heavy atom. The number of ketones is 1. The van der Waals surface area contributed by atoms with Crippen LogP contribution in [0.25, 0.3) is 6.08 Å². The van der Waals surface area contributed by atoms with Crippen LogP contribution in [-0.2, 0) is 4.79 Å². The van der Waals surface area contributed by atoms with Crippen molar-refractivity contribution in [1.29, 1.82) is 0 Å². The Morgan fingerprint density at radius 2 is 1.67 bits per heavy atom. The number of carbonyl (C=O) groups is 1. The minimum Gasteiger partial charge on any atom is -0.289 e. The first-order valence-electron chi connectivity index (χ1n) is 5.70. The Morgan fingerprint density at radius 3 is 2.00 bits per heavy atom. The minimum atomic E-state index is -0.0000926. The molecule has 0 amide bonds. The lowest BCUT2D eigenvalue weighted by atomic mass is 10.1. The SMILES string of the molecule is C=CC=C(C)C(=O)C(=C)C.C=Cc1ccccc1. The predicted octanol–water partition coefficient (Wildman–Crippen LogP) is 4.59. The van der Waals surface area contributed by atoms with E-state index in [-0.39, 0.29) is 5.78 Å². The average molecular weight is 240 g/mol. The molecule has 1 aromatic rings. The molecule has 1 nitrogen and oxygen atoms in total. The second-order valence-electron chi connectivity index (χ2n) is 3.81. The van der Waals surface area contributed by atoms with Crippen molar-refractivity contribution >= 4 is 11.9 Å². The molecule has 0 spiro atoms. The number of carbonyl (C=O) groups excluding carboxylic acids is 1. The molecule has 0 aliphatic heterocycles. The van der Waals surface area contributed by atoms with Crippen LogP contribution >= 0.6 is 0 Å². The summed E-state index contributed by atoms with van der Waals surface area (Å²) in [5.74, 6) is -0.0000926. The summed E-state index contributed by atoms with van der Waals surface area (Å²) < 4.78 is 0. The van der Waals surface area contributed by atoms with Gasteiger partial charge in [-0.2, -0.15) is 0 Å². The molecule has 0 aliphatic rings. The zero-order valence-corrected chi connectivity index (χ0v) is 11.1. The Bertz CT molecular complexity index is 450. The molecule has 94 valence electrons. The number of hydrogen-bond acceptors (Lipinski definition) is 1. The highest BCUT2D eigenvalue weighted by molar-refractivity contribution is 6.07. The van der Waals surface area contributed by atoms with Crippen LogP contribution in [0.4, 0.5) is 0 Å². The zero-order valence-electron chi connectivity index (χ0n) is 11.1. The number of Topliss-reactive ketones (excluding diaryl/α,β-unsaturated/α-hetero) is 1.